The monoisotopic (exact) mass is 462 g/mol. The molecule has 0 radical (unpaired) electrons. The Hall–Kier alpha value is -3.49. The van der Waals surface area contributed by atoms with Crippen molar-refractivity contribution in [2.75, 3.05) is 16.6 Å². The Morgan fingerprint density at radius 1 is 1.03 bits per heavy atom. The molecular formula is C25H22N2O5S. The summed E-state index contributed by atoms with van der Waals surface area (Å²) in [6.45, 7) is 3.97. The van der Waals surface area contributed by atoms with Gasteiger partial charge in [0.1, 0.15) is 12.0 Å². The zero-order chi connectivity index (χ0) is 23.1. The highest BCUT2D eigenvalue weighted by Crippen LogP contribution is 2.49. The molecule has 3 atom stereocenters. The molecule has 0 spiro atoms. The maximum atomic E-state index is 13.6. The molecule has 0 unspecified atom stereocenters. The van der Waals surface area contributed by atoms with Gasteiger partial charge in [0.05, 0.1) is 23.5 Å². The molecule has 0 N–H and O–H groups in total. The molecule has 33 heavy (non-hydrogen) atoms. The topological polar surface area (TPSA) is 76.2 Å². The quantitative estimate of drug-likeness (QED) is 0.416. The number of benzene rings is 2. The van der Waals surface area contributed by atoms with E-state index in [0.717, 1.165) is 16.1 Å². The van der Waals surface area contributed by atoms with Gasteiger partial charge in [0.15, 0.2) is 6.10 Å². The Labute approximate surface area is 195 Å². The summed E-state index contributed by atoms with van der Waals surface area (Å²) in [6, 6.07) is 17.5. The highest BCUT2D eigenvalue weighted by molar-refractivity contribution is 7.10. The van der Waals surface area contributed by atoms with E-state index in [-0.39, 0.29) is 12.5 Å². The number of amides is 2. The number of anilines is 2. The first-order chi connectivity index (χ1) is 16.0. The molecule has 1 aromatic heterocycles. The number of fused-ring (bicyclic) bond motifs is 1. The van der Waals surface area contributed by atoms with Gasteiger partial charge in [0.25, 0.3) is 5.91 Å². The van der Waals surface area contributed by atoms with Gasteiger partial charge in [-0.3, -0.25) is 14.4 Å². The van der Waals surface area contributed by atoms with E-state index < -0.39 is 29.9 Å². The fraction of sp³-hybridized carbons (Fsp3) is 0.240. The lowest BCUT2D eigenvalue weighted by atomic mass is 9.95. The number of aryl methyl sites for hydroxylation is 1. The first kappa shape index (κ1) is 21.4. The minimum atomic E-state index is -0.922. The van der Waals surface area contributed by atoms with Crippen molar-refractivity contribution in [3.05, 3.63) is 82.0 Å². The number of imide groups is 1. The maximum Gasteiger partial charge on any atom is 0.338 e. The van der Waals surface area contributed by atoms with Gasteiger partial charge in [0, 0.05) is 4.88 Å². The van der Waals surface area contributed by atoms with Gasteiger partial charge in [-0.1, -0.05) is 24.3 Å². The lowest BCUT2D eigenvalue weighted by Gasteiger charge is -2.29. The second-order valence-electron chi connectivity index (χ2n) is 7.90. The number of para-hydroxylation sites is 1. The third-order valence-corrected chi connectivity index (χ3v) is 6.88. The molecule has 8 heteroatoms. The van der Waals surface area contributed by atoms with E-state index in [1.807, 2.05) is 48.7 Å². The Morgan fingerprint density at radius 3 is 2.45 bits per heavy atom. The van der Waals surface area contributed by atoms with Crippen LogP contribution < -0.4 is 9.96 Å². The van der Waals surface area contributed by atoms with Crippen molar-refractivity contribution in [1.82, 2.24) is 0 Å². The van der Waals surface area contributed by atoms with E-state index in [1.165, 1.54) is 16.2 Å². The van der Waals surface area contributed by atoms with Crippen LogP contribution in [0.15, 0.2) is 66.0 Å². The van der Waals surface area contributed by atoms with Crippen LogP contribution in [0.2, 0.25) is 0 Å². The molecule has 0 saturated carbocycles. The first-order valence-electron chi connectivity index (χ1n) is 10.7. The smallest absolute Gasteiger partial charge is 0.338 e. The lowest BCUT2D eigenvalue weighted by molar-refractivity contribution is -0.126. The summed E-state index contributed by atoms with van der Waals surface area (Å²) in [6.07, 6.45) is -0.922. The number of hydroxylamine groups is 1. The van der Waals surface area contributed by atoms with Crippen LogP contribution >= 0.6 is 11.3 Å². The SMILES string of the molecule is CCOC(=O)c1ccc(N2C(=O)[C@H]3[C@@H](ON(c4ccccc4C)[C@H]3c3cccs3)C2=O)cc1. The standard InChI is InChI=1S/C25H22N2O5S/c1-3-31-25(30)16-10-12-17(13-11-16)26-23(28)20-21(19-9-6-14-33-19)27(32-22(20)24(26)29)18-8-5-4-7-15(18)2/h4-14,20-22H,3H2,1-2H3/t20-,21+,22-/m1/s1. The molecule has 5 rings (SSSR count). The van der Waals surface area contributed by atoms with E-state index in [9.17, 15) is 14.4 Å². The van der Waals surface area contributed by atoms with E-state index in [4.69, 9.17) is 9.57 Å². The number of carbonyl (C=O) groups is 3. The third kappa shape index (κ3) is 3.51. The summed E-state index contributed by atoms with van der Waals surface area (Å²) >= 11 is 1.53. The largest absolute Gasteiger partial charge is 0.462 e. The van der Waals surface area contributed by atoms with Crippen LogP contribution in [0, 0.1) is 12.8 Å². The highest BCUT2D eigenvalue weighted by atomic mass is 32.1. The summed E-state index contributed by atoms with van der Waals surface area (Å²) in [4.78, 5) is 47.2. The molecule has 0 aliphatic carbocycles. The van der Waals surface area contributed by atoms with E-state index in [1.54, 1.807) is 36.3 Å². The van der Waals surface area contributed by atoms with Gasteiger partial charge in [0.2, 0.25) is 5.91 Å². The molecule has 168 valence electrons. The highest BCUT2D eigenvalue weighted by Gasteiger charge is 2.60. The molecule has 2 aliphatic heterocycles. The van der Waals surface area contributed by atoms with Gasteiger partial charge in [-0.05, 0) is 61.2 Å². The number of nitrogens with zero attached hydrogens (tertiary/aromatic N) is 2. The molecule has 2 amide bonds. The predicted molar refractivity (Wildman–Crippen MR) is 124 cm³/mol. The normalized spacial score (nSPS) is 22.1. The van der Waals surface area contributed by atoms with Crippen LogP contribution in [0.3, 0.4) is 0 Å². The molecule has 7 nitrogen and oxygen atoms in total. The second kappa shape index (κ2) is 8.46. The summed E-state index contributed by atoms with van der Waals surface area (Å²) in [5.74, 6) is -1.86. The van der Waals surface area contributed by atoms with Crippen molar-refractivity contribution < 1.29 is 24.0 Å². The fourth-order valence-electron chi connectivity index (χ4n) is 4.40. The van der Waals surface area contributed by atoms with Crippen LogP contribution in [-0.2, 0) is 19.2 Å². The summed E-state index contributed by atoms with van der Waals surface area (Å²) in [5, 5.41) is 3.67. The van der Waals surface area contributed by atoms with Crippen molar-refractivity contribution >= 4 is 40.5 Å². The number of thiophene rings is 1. The Kier molecular flexibility index (Phi) is 5.47. The van der Waals surface area contributed by atoms with Gasteiger partial charge >= 0.3 is 5.97 Å². The Morgan fingerprint density at radius 2 is 1.79 bits per heavy atom. The van der Waals surface area contributed by atoms with E-state index >= 15 is 0 Å². The van der Waals surface area contributed by atoms with Crippen LogP contribution in [0.1, 0.15) is 33.8 Å². The number of ether oxygens (including phenoxy) is 1. The Balaban J connectivity index is 1.49. The maximum absolute atomic E-state index is 13.6. The van der Waals surface area contributed by atoms with Crippen LogP contribution in [-0.4, -0.2) is 30.5 Å². The third-order valence-electron chi connectivity index (χ3n) is 5.94. The number of carbonyl (C=O) groups excluding carboxylic acids is 3. The lowest BCUT2D eigenvalue weighted by Crippen LogP contribution is -2.37. The average molecular weight is 463 g/mol. The van der Waals surface area contributed by atoms with Crippen molar-refractivity contribution in [3.8, 4) is 0 Å². The van der Waals surface area contributed by atoms with E-state index in [0.29, 0.717) is 11.3 Å². The van der Waals surface area contributed by atoms with Gasteiger partial charge in [-0.15, -0.1) is 11.3 Å². The zero-order valence-electron chi connectivity index (χ0n) is 18.1. The number of esters is 1. The van der Waals surface area contributed by atoms with Crippen molar-refractivity contribution in [2.45, 2.75) is 26.0 Å². The number of rotatable bonds is 5. The molecule has 2 saturated heterocycles. The molecule has 2 aliphatic rings. The number of hydrogen-bond donors (Lipinski definition) is 0. The van der Waals surface area contributed by atoms with Crippen molar-refractivity contribution in [1.29, 1.82) is 0 Å². The van der Waals surface area contributed by atoms with Gasteiger partial charge in [-0.25, -0.2) is 14.8 Å². The average Bonchev–Trinajstić information content (AvgIpc) is 3.52. The minimum absolute atomic E-state index is 0.270. The van der Waals surface area contributed by atoms with Crippen molar-refractivity contribution in [3.63, 3.8) is 0 Å². The fourth-order valence-corrected chi connectivity index (χ4v) is 5.25. The van der Waals surface area contributed by atoms with Crippen LogP contribution in [0.25, 0.3) is 0 Å². The molecular weight excluding hydrogens is 440 g/mol. The molecule has 3 aromatic rings. The molecule has 0 bridgehead atoms. The van der Waals surface area contributed by atoms with Gasteiger partial charge < -0.3 is 4.74 Å². The minimum Gasteiger partial charge on any atom is -0.462 e. The number of hydrogen-bond acceptors (Lipinski definition) is 7. The molecule has 2 fully saturated rings. The molecule has 2 aromatic carbocycles. The van der Waals surface area contributed by atoms with Crippen LogP contribution in [0.4, 0.5) is 11.4 Å². The first-order valence-corrected chi connectivity index (χ1v) is 11.6. The Bertz CT molecular complexity index is 1210. The summed E-state index contributed by atoms with van der Waals surface area (Å²) < 4.78 is 5.00. The molecule has 3 heterocycles. The second-order valence-corrected chi connectivity index (χ2v) is 8.88. The van der Waals surface area contributed by atoms with Crippen LogP contribution in [0.5, 0.6) is 0 Å². The van der Waals surface area contributed by atoms with E-state index in [2.05, 4.69) is 0 Å². The predicted octanol–water partition coefficient (Wildman–Crippen LogP) is 4.28. The van der Waals surface area contributed by atoms with Gasteiger partial charge in [-0.2, -0.15) is 0 Å². The van der Waals surface area contributed by atoms with Crippen molar-refractivity contribution in [2.24, 2.45) is 5.92 Å². The zero-order valence-corrected chi connectivity index (χ0v) is 19.0. The summed E-state index contributed by atoms with van der Waals surface area (Å²) in [5.41, 5.74) is 2.59. The summed E-state index contributed by atoms with van der Waals surface area (Å²) in [7, 11) is 0.